The van der Waals surface area contributed by atoms with E-state index in [0.717, 1.165) is 13.0 Å². The summed E-state index contributed by atoms with van der Waals surface area (Å²) in [5.74, 6) is -6.24. The summed E-state index contributed by atoms with van der Waals surface area (Å²) in [6.45, 7) is 15.5. The van der Waals surface area contributed by atoms with Crippen LogP contribution >= 0.6 is 11.8 Å². The molecule has 10 amide bonds. The molecule has 45 heteroatoms. The summed E-state index contributed by atoms with van der Waals surface area (Å²) in [5.41, 5.74) is 10.8. The van der Waals surface area contributed by atoms with E-state index in [-0.39, 0.29) is 296 Å². The number of carboxylic acid groups (broad SMARTS) is 3. The van der Waals surface area contributed by atoms with Crippen LogP contribution in [0.3, 0.4) is 0 Å². The molecular weight excluding hydrogens is 1660 g/mol. The van der Waals surface area contributed by atoms with Gasteiger partial charge < -0.3 is 117 Å². The highest BCUT2D eigenvalue weighted by Crippen LogP contribution is 2.07. The molecule has 0 aromatic carbocycles. The molecule has 0 spiro atoms. The Morgan fingerprint density at radius 2 is 0.712 bits per heavy atom. The van der Waals surface area contributed by atoms with E-state index in [1.807, 2.05) is 31.8 Å². The van der Waals surface area contributed by atoms with Crippen molar-refractivity contribution in [3.8, 4) is 0 Å². The Morgan fingerprint density at radius 1 is 0.392 bits per heavy atom. The number of hydrogen-bond donors (Lipinski definition) is 16. The number of aliphatic carboxylic acids is 3. The van der Waals surface area contributed by atoms with E-state index >= 15 is 0 Å². The Labute approximate surface area is 740 Å². The smallest absolute Gasteiger partial charge is 0.317 e. The molecule has 1 rings (SSSR count). The zero-order chi connectivity index (χ0) is 93.9. The first-order valence-electron chi connectivity index (χ1n) is 42.4. The number of nitrogens with two attached hydrogens (primary N) is 2. The largest absolute Gasteiger partial charge is 0.480 e. The highest BCUT2D eigenvalue weighted by molar-refractivity contribution is 7.98. The molecule has 18 N–H and O–H groups in total. The molecule has 0 unspecified atom stereocenters. The normalized spacial score (nSPS) is 13.3. The number of nitrogens with one attached hydrogen (secondary N) is 11. The van der Waals surface area contributed by atoms with Crippen LogP contribution in [0.4, 0.5) is 0 Å². The number of amides is 10. The van der Waals surface area contributed by atoms with E-state index in [1.54, 1.807) is 26.5 Å². The highest BCUT2D eigenvalue weighted by atomic mass is 32.2. The molecule has 0 aromatic heterocycles. The number of nitrogens with zero attached hydrogens (tertiary/aromatic N) is 4. The Kier molecular flexibility index (Phi) is 82.2. The number of carbonyl (C=O) groups excluding carboxylic acids is 13. The summed E-state index contributed by atoms with van der Waals surface area (Å²) >= 11 is 1.86. The van der Waals surface area contributed by atoms with Crippen LogP contribution in [0.1, 0.15) is 125 Å². The number of allylic oxidation sites excluding steroid dienone is 1. The molecule has 1 fully saturated rings. The summed E-state index contributed by atoms with van der Waals surface area (Å²) in [6, 6.07) is -2.33. The molecule has 0 saturated carbocycles. The van der Waals surface area contributed by atoms with Crippen molar-refractivity contribution in [2.45, 2.75) is 143 Å². The summed E-state index contributed by atoms with van der Waals surface area (Å²) in [5, 5.41) is 58.7. The Hall–Kier alpha value is -8.39. The lowest BCUT2D eigenvalue weighted by molar-refractivity contribution is -0.140. The second-order valence-corrected chi connectivity index (χ2v) is 29.4. The second kappa shape index (κ2) is 85.1. The minimum absolute atomic E-state index is 0.0147. The van der Waals surface area contributed by atoms with Gasteiger partial charge in [0.15, 0.2) is 0 Å². The van der Waals surface area contributed by atoms with Gasteiger partial charge in [-0.15, -0.1) is 6.58 Å². The van der Waals surface area contributed by atoms with E-state index in [2.05, 4.69) is 78.2 Å². The number of ketones is 3. The highest BCUT2D eigenvalue weighted by Gasteiger charge is 2.25. The van der Waals surface area contributed by atoms with Gasteiger partial charge in [-0.05, 0) is 105 Å². The first-order valence-corrected chi connectivity index (χ1v) is 43.8. The zero-order valence-electron chi connectivity index (χ0n) is 74.8. The number of ether oxygens (including phenoxy) is 8. The summed E-state index contributed by atoms with van der Waals surface area (Å²) in [6.07, 6.45) is 10.2. The average molecular weight is 1810 g/mol. The predicted octanol–water partition coefficient (Wildman–Crippen LogP) is -4.27. The fourth-order valence-corrected chi connectivity index (χ4v) is 10.8. The van der Waals surface area contributed by atoms with Crippen LogP contribution in [0.2, 0.25) is 0 Å². The third kappa shape index (κ3) is 84.9. The number of unbranched alkanes of at least 4 members (excludes halogenated alkanes) is 3. The van der Waals surface area contributed by atoms with E-state index in [9.17, 15) is 92.0 Å². The molecule has 44 nitrogen and oxygen atoms in total. The zero-order valence-corrected chi connectivity index (χ0v) is 75.6. The van der Waals surface area contributed by atoms with Crippen LogP contribution < -0.4 is 70.0 Å². The van der Waals surface area contributed by atoms with Gasteiger partial charge in [0.1, 0.15) is 56.6 Å². The lowest BCUT2D eigenvalue weighted by Gasteiger charge is -2.32. The van der Waals surface area contributed by atoms with Gasteiger partial charge in [0.2, 0.25) is 59.1 Å². The van der Waals surface area contributed by atoms with Crippen molar-refractivity contribution >= 4 is 106 Å². The number of hydrogen-bond acceptors (Lipinski definition) is 32. The standard InChI is InChI=1S/C68H122N16O26.C4H11NS.C4H8O.C4H8/c1-51(85)40-78-53(66(69)100)10-3-6-16-72-59(90)46-106-37-36-105-32-20-75-60(91)47-107-38-34-103-30-18-73-57(88)14-9-13-56(87)71-15-7-5-12-55(68(102)77-17-8-4-11-54(67(70)101)79-41-52(2)86)80-62(93)49-110-50-109-33-21-76-61(92)48-108-39-35-104-31-19-74-58(89)42-81-22-24-82(43-63(94)95)26-28-84(45-65(98)99)29-27-83(25-23-81)44-64(96)97;1-5-3-4-6-2;1-3-4(2)5;1-3-4-2/h53-55,78-79H,3-50H2,1-2H3,(H2,69,100)(H2,70,101)(H,71,87)(H,72,90)(H,73,88)(H,74,89)(H,75,91)(H,76,92)(H,77,102)(H,80,93)(H,94,95)(H,96,97)(H,98,99);5H,3-4H2,1-2H3;3H2,1-2H3;3H,1,4H2,2H3/t53-,54+,55-;;;/m0.../s1. The van der Waals surface area contributed by atoms with Gasteiger partial charge in [0.05, 0.1) is 117 Å². The van der Waals surface area contributed by atoms with E-state index in [4.69, 9.17) is 49.4 Å². The number of primary amides is 2. The van der Waals surface area contributed by atoms with Crippen molar-refractivity contribution in [2.75, 3.05) is 262 Å². The molecule has 3 atom stereocenters. The monoisotopic (exact) mass is 1810 g/mol. The SMILES string of the molecule is C=CCC.CC(=O)CN[C@@H](CCCCNC(=O)COCCOCCNC(=O)COCCOCCNC(=O)CCCC(=O)NCCCC[C@H](NC(=O)COCOCCNC(=O)COCCOCCNC(=O)CN1CCN(CC(=O)O)CCN(CC(=O)O)CCN(CC(=O)O)CC1)C(=O)NCCCC[C@@H](NCC(C)=O)C(N)=O)C(N)=O.CCC(C)=O.CNCCSC. The summed E-state index contributed by atoms with van der Waals surface area (Å²) < 4.78 is 43.0. The Morgan fingerprint density at radius 3 is 1.05 bits per heavy atom. The van der Waals surface area contributed by atoms with E-state index < -0.39 is 72.2 Å². The molecule has 125 heavy (non-hydrogen) atoms. The third-order valence-electron chi connectivity index (χ3n) is 17.2. The van der Waals surface area contributed by atoms with Crippen molar-refractivity contribution in [1.82, 2.24) is 78.1 Å². The number of Topliss-reactive ketones (excluding diaryl/α,β-unsaturated/α-hetero) is 3. The van der Waals surface area contributed by atoms with Crippen molar-refractivity contribution in [3.63, 3.8) is 0 Å². The first kappa shape index (κ1) is 121. The average Bonchev–Trinajstić information content (AvgIpc) is 0.905. The van der Waals surface area contributed by atoms with Crippen LogP contribution in [0, 0.1) is 0 Å². The molecule has 722 valence electrons. The fraction of sp³-hybridized carbons (Fsp3) is 0.775. The minimum atomic E-state index is -1.06. The van der Waals surface area contributed by atoms with E-state index in [0.29, 0.717) is 64.3 Å². The molecule has 1 aliphatic rings. The van der Waals surface area contributed by atoms with Gasteiger partial charge in [-0.3, -0.25) is 102 Å². The van der Waals surface area contributed by atoms with E-state index in [1.165, 1.54) is 19.6 Å². The second-order valence-electron chi connectivity index (χ2n) is 28.4. The molecule has 0 bridgehead atoms. The van der Waals surface area contributed by atoms with Crippen LogP contribution in [0.15, 0.2) is 12.7 Å². The fourth-order valence-electron chi connectivity index (χ4n) is 10.4. The van der Waals surface area contributed by atoms with Crippen LogP contribution in [-0.2, 0) is 115 Å². The molecule has 1 saturated heterocycles. The summed E-state index contributed by atoms with van der Waals surface area (Å²) in [7, 11) is 1.97. The van der Waals surface area contributed by atoms with Crippen LogP contribution in [0.25, 0.3) is 0 Å². The quantitative estimate of drug-likeness (QED) is 0.0156. The van der Waals surface area contributed by atoms with Gasteiger partial charge in [0.25, 0.3) is 0 Å². The third-order valence-corrected chi connectivity index (χ3v) is 17.9. The molecule has 1 heterocycles. The molecular formula is C80H149N17O27S. The maximum atomic E-state index is 13.4. The van der Waals surface area contributed by atoms with Crippen LogP contribution in [0.5, 0.6) is 0 Å². The minimum Gasteiger partial charge on any atom is -0.480 e. The number of rotatable bonds is 73. The predicted molar refractivity (Wildman–Crippen MR) is 466 cm³/mol. The van der Waals surface area contributed by atoms with Gasteiger partial charge >= 0.3 is 17.9 Å². The Balaban J connectivity index is -0.00000907. The Bertz CT molecular complexity index is 2980. The van der Waals surface area contributed by atoms with Crippen molar-refractivity contribution < 1.29 is 130 Å². The van der Waals surface area contributed by atoms with Crippen molar-refractivity contribution in [1.29, 1.82) is 0 Å². The summed E-state index contributed by atoms with van der Waals surface area (Å²) in [4.78, 5) is 198. The number of carbonyl (C=O) groups is 16. The first-order chi connectivity index (χ1) is 59.8. The van der Waals surface area contributed by atoms with Crippen LogP contribution in [-0.4, -0.2) is 410 Å². The molecule has 1 aliphatic heterocycles. The topological polar surface area (TPSA) is 605 Å². The molecule has 0 aromatic rings. The lowest BCUT2D eigenvalue weighted by atomic mass is 10.1. The lowest BCUT2D eigenvalue weighted by Crippen LogP contribution is -2.50. The maximum absolute atomic E-state index is 13.4. The molecule has 0 aliphatic carbocycles. The van der Waals surface area contributed by atoms with Crippen molar-refractivity contribution in [3.05, 3.63) is 12.7 Å². The van der Waals surface area contributed by atoms with Gasteiger partial charge in [-0.1, -0.05) is 19.9 Å². The van der Waals surface area contributed by atoms with Gasteiger partial charge in [0, 0.05) is 130 Å². The maximum Gasteiger partial charge on any atom is 0.317 e. The number of carboxylic acids is 3. The van der Waals surface area contributed by atoms with Gasteiger partial charge in [-0.25, -0.2) is 0 Å². The number of thioether (sulfide) groups is 1. The van der Waals surface area contributed by atoms with Gasteiger partial charge in [-0.2, -0.15) is 11.8 Å². The van der Waals surface area contributed by atoms with Crippen molar-refractivity contribution in [2.24, 2.45) is 11.5 Å². The molecule has 0 radical (unpaired) electrons.